The molecule has 0 radical (unpaired) electrons. The fraction of sp³-hybridized carbons (Fsp3) is 0.545. The van der Waals surface area contributed by atoms with Crippen molar-refractivity contribution in [3.05, 3.63) is 32.9 Å². The van der Waals surface area contributed by atoms with Crippen LogP contribution < -0.4 is 11.2 Å². The summed E-state index contributed by atoms with van der Waals surface area (Å²) in [6.07, 6.45) is 3.83. The van der Waals surface area contributed by atoms with Crippen LogP contribution in [0.2, 0.25) is 0 Å². The lowest BCUT2D eigenvalue weighted by molar-refractivity contribution is -0.119. The molecule has 0 saturated carbocycles. The average molecular weight is 242 g/mol. The van der Waals surface area contributed by atoms with Crippen LogP contribution in [0.15, 0.2) is 15.8 Å². The van der Waals surface area contributed by atoms with E-state index in [1.54, 1.807) is 4.98 Å². The maximum absolute atomic E-state index is 12.9. The molecular formula is C11H15FN2O3. The summed E-state index contributed by atoms with van der Waals surface area (Å²) >= 11 is 0. The summed E-state index contributed by atoms with van der Waals surface area (Å²) in [5.74, 6) is -1.21. The minimum atomic E-state index is -1.07. The van der Waals surface area contributed by atoms with E-state index in [-0.39, 0.29) is 12.3 Å². The SMILES string of the molecule is CCCCCC(=O)Cn1cc(F)c(=O)[nH]c1=O. The van der Waals surface area contributed by atoms with E-state index < -0.39 is 17.1 Å². The van der Waals surface area contributed by atoms with Crippen LogP contribution in [0, 0.1) is 5.82 Å². The van der Waals surface area contributed by atoms with E-state index in [1.165, 1.54) is 0 Å². The van der Waals surface area contributed by atoms with Crippen molar-refractivity contribution in [2.75, 3.05) is 0 Å². The molecule has 0 atom stereocenters. The average Bonchev–Trinajstić information content (AvgIpc) is 2.26. The molecule has 0 unspecified atom stereocenters. The minimum Gasteiger partial charge on any atom is -0.298 e. The van der Waals surface area contributed by atoms with Crippen molar-refractivity contribution in [2.45, 2.75) is 39.2 Å². The molecule has 5 nitrogen and oxygen atoms in total. The number of Topliss-reactive ketones (excluding diaryl/α,β-unsaturated/α-hetero) is 1. The van der Waals surface area contributed by atoms with Gasteiger partial charge < -0.3 is 0 Å². The van der Waals surface area contributed by atoms with Gasteiger partial charge in [0, 0.05) is 6.42 Å². The van der Waals surface area contributed by atoms with E-state index in [0.717, 1.165) is 30.0 Å². The Morgan fingerprint density at radius 1 is 1.41 bits per heavy atom. The topological polar surface area (TPSA) is 71.9 Å². The second-order valence-corrected chi connectivity index (χ2v) is 3.86. The lowest BCUT2D eigenvalue weighted by Crippen LogP contribution is -2.33. The Labute approximate surface area is 97.3 Å². The van der Waals surface area contributed by atoms with Crippen molar-refractivity contribution < 1.29 is 9.18 Å². The van der Waals surface area contributed by atoms with Gasteiger partial charge in [-0.25, -0.2) is 4.79 Å². The minimum absolute atomic E-state index is 0.146. The number of carbonyl (C=O) groups is 1. The summed E-state index contributed by atoms with van der Waals surface area (Å²) in [5.41, 5.74) is -1.83. The summed E-state index contributed by atoms with van der Waals surface area (Å²) in [6, 6.07) is 0. The van der Waals surface area contributed by atoms with Gasteiger partial charge in [0.15, 0.2) is 5.78 Å². The standard InChI is InChI=1S/C11H15FN2O3/c1-2-3-4-5-8(15)6-14-7-9(12)10(16)13-11(14)17/h7H,2-6H2,1H3,(H,13,16,17). The van der Waals surface area contributed by atoms with Crippen LogP contribution in [0.1, 0.15) is 32.6 Å². The van der Waals surface area contributed by atoms with Gasteiger partial charge in [-0.1, -0.05) is 19.8 Å². The summed E-state index contributed by atoms with van der Waals surface area (Å²) < 4.78 is 13.8. The number of hydrogen-bond acceptors (Lipinski definition) is 3. The van der Waals surface area contributed by atoms with Crippen molar-refractivity contribution >= 4 is 5.78 Å². The number of aromatic nitrogens is 2. The Morgan fingerprint density at radius 2 is 2.12 bits per heavy atom. The Hall–Kier alpha value is -1.72. The molecule has 0 saturated heterocycles. The molecule has 0 aliphatic carbocycles. The molecule has 94 valence electrons. The predicted octanol–water partition coefficient (Wildman–Crippen LogP) is 0.825. The van der Waals surface area contributed by atoms with E-state index in [0.29, 0.717) is 6.42 Å². The lowest BCUT2D eigenvalue weighted by atomic mass is 10.1. The number of ketones is 1. The molecule has 17 heavy (non-hydrogen) atoms. The quantitative estimate of drug-likeness (QED) is 0.751. The van der Waals surface area contributed by atoms with Gasteiger partial charge in [-0.3, -0.25) is 19.1 Å². The molecule has 1 rings (SSSR count). The molecule has 1 heterocycles. The van der Waals surface area contributed by atoms with Crippen LogP contribution >= 0.6 is 0 Å². The molecule has 0 aliphatic heterocycles. The molecule has 6 heteroatoms. The zero-order valence-corrected chi connectivity index (χ0v) is 9.66. The van der Waals surface area contributed by atoms with Crippen LogP contribution in [0.3, 0.4) is 0 Å². The van der Waals surface area contributed by atoms with Crippen LogP contribution in [0.5, 0.6) is 0 Å². The Morgan fingerprint density at radius 3 is 2.76 bits per heavy atom. The zero-order chi connectivity index (χ0) is 12.8. The second kappa shape index (κ2) is 6.12. The van der Waals surface area contributed by atoms with E-state index in [9.17, 15) is 18.8 Å². The molecule has 1 N–H and O–H groups in total. The number of nitrogens with zero attached hydrogens (tertiary/aromatic N) is 1. The summed E-state index contributed by atoms with van der Waals surface area (Å²) in [4.78, 5) is 35.3. The highest BCUT2D eigenvalue weighted by Crippen LogP contribution is 2.00. The molecule has 0 aliphatic rings. The number of H-pyrrole nitrogens is 1. The third kappa shape index (κ3) is 3.97. The van der Waals surface area contributed by atoms with Gasteiger partial charge in [0.05, 0.1) is 12.7 Å². The third-order valence-electron chi connectivity index (χ3n) is 2.37. The van der Waals surface area contributed by atoms with Gasteiger partial charge in [0.2, 0.25) is 5.82 Å². The first-order valence-electron chi connectivity index (χ1n) is 5.55. The van der Waals surface area contributed by atoms with Crippen LogP contribution in [0.25, 0.3) is 0 Å². The Bertz CT molecular complexity index is 504. The molecule has 0 fully saturated rings. The van der Waals surface area contributed by atoms with Gasteiger partial charge in [0.1, 0.15) is 0 Å². The van der Waals surface area contributed by atoms with Crippen molar-refractivity contribution in [1.82, 2.24) is 9.55 Å². The van der Waals surface area contributed by atoms with Gasteiger partial charge in [-0.15, -0.1) is 0 Å². The van der Waals surface area contributed by atoms with Crippen molar-refractivity contribution in [3.8, 4) is 0 Å². The number of nitrogens with one attached hydrogen (secondary N) is 1. The second-order valence-electron chi connectivity index (χ2n) is 3.86. The van der Waals surface area contributed by atoms with E-state index >= 15 is 0 Å². The van der Waals surface area contributed by atoms with E-state index in [1.807, 2.05) is 6.92 Å². The van der Waals surface area contributed by atoms with E-state index in [2.05, 4.69) is 0 Å². The van der Waals surface area contributed by atoms with Crippen molar-refractivity contribution in [2.24, 2.45) is 0 Å². The largest absolute Gasteiger partial charge is 0.328 e. The third-order valence-corrected chi connectivity index (χ3v) is 2.37. The van der Waals surface area contributed by atoms with Crippen LogP contribution in [-0.2, 0) is 11.3 Å². The molecular weight excluding hydrogens is 227 g/mol. The van der Waals surface area contributed by atoms with Crippen LogP contribution in [-0.4, -0.2) is 15.3 Å². The number of aromatic amines is 1. The molecule has 1 aromatic heterocycles. The maximum Gasteiger partial charge on any atom is 0.328 e. The normalized spacial score (nSPS) is 10.5. The first-order chi connectivity index (χ1) is 8.04. The maximum atomic E-state index is 12.9. The van der Waals surface area contributed by atoms with Crippen LogP contribution in [0.4, 0.5) is 4.39 Å². The highest BCUT2D eigenvalue weighted by molar-refractivity contribution is 5.78. The summed E-state index contributed by atoms with van der Waals surface area (Å²) in [5, 5.41) is 0. The van der Waals surface area contributed by atoms with Gasteiger partial charge >= 0.3 is 5.69 Å². The number of rotatable bonds is 6. The molecule has 1 aromatic rings. The van der Waals surface area contributed by atoms with Crippen molar-refractivity contribution in [1.29, 1.82) is 0 Å². The number of hydrogen-bond donors (Lipinski definition) is 1. The van der Waals surface area contributed by atoms with E-state index in [4.69, 9.17) is 0 Å². The highest BCUT2D eigenvalue weighted by atomic mass is 19.1. The van der Waals surface area contributed by atoms with Gasteiger partial charge in [-0.05, 0) is 6.42 Å². The first-order valence-corrected chi connectivity index (χ1v) is 5.55. The fourth-order valence-electron chi connectivity index (χ4n) is 1.44. The molecule has 0 aromatic carbocycles. The highest BCUT2D eigenvalue weighted by Gasteiger charge is 2.07. The molecule has 0 bridgehead atoms. The Kier molecular flexibility index (Phi) is 4.81. The smallest absolute Gasteiger partial charge is 0.298 e. The van der Waals surface area contributed by atoms with Gasteiger partial charge in [-0.2, -0.15) is 4.39 Å². The van der Waals surface area contributed by atoms with Crippen molar-refractivity contribution in [3.63, 3.8) is 0 Å². The Balaban J connectivity index is 2.69. The fourth-order valence-corrected chi connectivity index (χ4v) is 1.44. The zero-order valence-electron chi connectivity index (χ0n) is 9.66. The molecule has 0 spiro atoms. The summed E-state index contributed by atoms with van der Waals surface area (Å²) in [6.45, 7) is 1.82. The molecule has 0 amide bonds. The predicted molar refractivity (Wildman–Crippen MR) is 60.4 cm³/mol. The first kappa shape index (κ1) is 13.3. The number of carbonyl (C=O) groups excluding carboxylic acids is 1. The monoisotopic (exact) mass is 242 g/mol. The number of halogens is 1. The summed E-state index contributed by atoms with van der Waals surface area (Å²) in [7, 11) is 0. The lowest BCUT2D eigenvalue weighted by Gasteiger charge is -2.03. The van der Waals surface area contributed by atoms with Gasteiger partial charge in [0.25, 0.3) is 5.56 Å². The number of unbranched alkanes of at least 4 members (excludes halogenated alkanes) is 2.